The van der Waals surface area contributed by atoms with E-state index < -0.39 is 13.7 Å². The number of rotatable bonds is 4. The van der Waals surface area contributed by atoms with Gasteiger partial charge in [0.2, 0.25) is 0 Å². The highest BCUT2D eigenvalue weighted by molar-refractivity contribution is 7.71. The van der Waals surface area contributed by atoms with E-state index in [0.29, 0.717) is 19.6 Å². The minimum atomic E-state index is -0.798. The lowest BCUT2D eigenvalue weighted by Gasteiger charge is -2.48. The number of methoxy groups -OCH3 is 2. The molecular weight excluding hydrogens is 419 g/mol. The van der Waals surface area contributed by atoms with Crippen LogP contribution in [0.1, 0.15) is 43.4 Å². The fraction of sp³-hybridized carbons (Fsp3) is 0.481. The Hall–Kier alpha value is -1.87. The van der Waals surface area contributed by atoms with Gasteiger partial charge in [0, 0.05) is 23.7 Å². The van der Waals surface area contributed by atoms with Gasteiger partial charge in [-0.15, -0.1) is 0 Å². The molecule has 0 N–H and O–H groups in total. The van der Waals surface area contributed by atoms with Gasteiger partial charge in [-0.3, -0.25) is 0 Å². The normalized spacial score (nSPS) is 21.7. The van der Waals surface area contributed by atoms with E-state index in [0.717, 1.165) is 23.5 Å². The van der Waals surface area contributed by atoms with Gasteiger partial charge in [0.15, 0.2) is 5.79 Å². The Labute approximate surface area is 193 Å². The van der Waals surface area contributed by atoms with Crippen molar-refractivity contribution in [2.45, 2.75) is 58.4 Å². The predicted molar refractivity (Wildman–Crippen MR) is 133 cm³/mol. The molecule has 0 aromatic heterocycles. The largest absolute Gasteiger partial charge is 0.496 e. The first kappa shape index (κ1) is 23.3. The first-order valence-corrected chi connectivity index (χ1v) is 12.6. The number of hydrogen-bond acceptors (Lipinski definition) is 4. The zero-order valence-electron chi connectivity index (χ0n) is 20.4. The van der Waals surface area contributed by atoms with E-state index in [-0.39, 0.29) is 5.16 Å². The molecule has 4 nitrogen and oxygen atoms in total. The van der Waals surface area contributed by atoms with Crippen LogP contribution >= 0.6 is 7.92 Å². The average Bonchev–Trinajstić information content (AvgIpc) is 3.13. The van der Waals surface area contributed by atoms with Crippen molar-refractivity contribution >= 4 is 13.2 Å². The van der Waals surface area contributed by atoms with Gasteiger partial charge in [0.05, 0.1) is 27.4 Å². The Morgan fingerprint density at radius 3 is 2.00 bits per heavy atom. The zero-order chi connectivity index (χ0) is 23.3. The van der Waals surface area contributed by atoms with Gasteiger partial charge in [0.25, 0.3) is 0 Å². The van der Waals surface area contributed by atoms with E-state index in [1.54, 1.807) is 14.2 Å². The lowest BCUT2D eigenvalue weighted by Crippen LogP contribution is -2.44. The summed E-state index contributed by atoms with van der Waals surface area (Å²) in [6.07, 6.45) is 1.55. The van der Waals surface area contributed by atoms with Crippen molar-refractivity contribution in [2.75, 3.05) is 27.4 Å². The molecule has 0 aliphatic carbocycles. The first-order chi connectivity index (χ1) is 15.1. The van der Waals surface area contributed by atoms with E-state index in [9.17, 15) is 0 Å². The van der Waals surface area contributed by atoms with Gasteiger partial charge in [-0.1, -0.05) is 38.1 Å². The maximum Gasteiger partial charge on any atom is 0.173 e. The maximum atomic E-state index is 6.11. The molecule has 1 unspecified atom stereocenters. The van der Waals surface area contributed by atoms with Crippen molar-refractivity contribution in [3.05, 3.63) is 52.8 Å². The first-order valence-electron chi connectivity index (χ1n) is 11.2. The second kappa shape index (κ2) is 8.48. The topological polar surface area (TPSA) is 36.9 Å². The SMILES string of the molecule is C=C1CC2(CC(C)(C)P1c1c(OC)ccc(OC)c1-c1c(C)cc(C)cc1C)OCCO2. The van der Waals surface area contributed by atoms with Crippen molar-refractivity contribution in [3.8, 4) is 22.6 Å². The van der Waals surface area contributed by atoms with E-state index in [1.807, 2.05) is 12.1 Å². The Bertz CT molecular complexity index is 1030. The number of aryl methyl sites for hydroxylation is 3. The highest BCUT2D eigenvalue weighted by Crippen LogP contribution is 2.67. The molecule has 2 aliphatic heterocycles. The number of ether oxygens (including phenoxy) is 4. The second-order valence-electron chi connectivity index (χ2n) is 9.64. The third kappa shape index (κ3) is 3.87. The number of benzene rings is 2. The van der Waals surface area contributed by atoms with Crippen LogP contribution in [0.15, 0.2) is 36.2 Å². The molecule has 2 saturated heterocycles. The van der Waals surface area contributed by atoms with E-state index >= 15 is 0 Å². The minimum absolute atomic E-state index is 0.0874. The summed E-state index contributed by atoms with van der Waals surface area (Å²) >= 11 is 0. The van der Waals surface area contributed by atoms with Gasteiger partial charge in [-0.25, -0.2) is 0 Å². The molecule has 172 valence electrons. The standard InChI is InChI=1S/C27H35O4P/c1-17-13-18(2)23(19(3)14-17)24-21(28-7)9-10-22(29-8)25(24)32-20(4)15-27(16-26(32,5)6)30-11-12-31-27/h9-10,13-14H,4,11-12,15-16H2,1-3,5-8H3. The van der Waals surface area contributed by atoms with Crippen molar-refractivity contribution in [3.63, 3.8) is 0 Å². The molecule has 0 bridgehead atoms. The summed E-state index contributed by atoms with van der Waals surface area (Å²) in [7, 11) is 2.70. The Morgan fingerprint density at radius 1 is 0.906 bits per heavy atom. The average molecular weight is 455 g/mol. The van der Waals surface area contributed by atoms with Crippen molar-refractivity contribution in [2.24, 2.45) is 0 Å². The molecule has 1 atom stereocenters. The van der Waals surface area contributed by atoms with Gasteiger partial charge < -0.3 is 18.9 Å². The summed E-state index contributed by atoms with van der Waals surface area (Å²) in [4.78, 5) is 0. The minimum Gasteiger partial charge on any atom is -0.496 e. The lowest BCUT2D eigenvalue weighted by atomic mass is 9.93. The Kier molecular flexibility index (Phi) is 6.17. The van der Waals surface area contributed by atoms with Crippen molar-refractivity contribution < 1.29 is 18.9 Å². The van der Waals surface area contributed by atoms with Crippen LogP contribution in [0.2, 0.25) is 0 Å². The molecule has 32 heavy (non-hydrogen) atoms. The van der Waals surface area contributed by atoms with Crippen molar-refractivity contribution in [1.29, 1.82) is 0 Å². The molecule has 2 aromatic carbocycles. The van der Waals surface area contributed by atoms with E-state index in [2.05, 4.69) is 53.3 Å². The summed E-state index contributed by atoms with van der Waals surface area (Å²) in [5.41, 5.74) is 6.10. The van der Waals surface area contributed by atoms with Gasteiger partial charge in [-0.2, -0.15) is 0 Å². The molecular formula is C27H35O4P. The van der Waals surface area contributed by atoms with Crippen LogP contribution in [-0.2, 0) is 9.47 Å². The third-order valence-electron chi connectivity index (χ3n) is 6.60. The molecule has 0 saturated carbocycles. The molecule has 1 spiro atoms. The fourth-order valence-electron chi connectivity index (χ4n) is 5.71. The molecule has 4 rings (SSSR count). The van der Waals surface area contributed by atoms with Crippen molar-refractivity contribution in [1.82, 2.24) is 0 Å². The molecule has 2 heterocycles. The Balaban J connectivity index is 1.98. The summed E-state index contributed by atoms with van der Waals surface area (Å²) in [6, 6.07) is 8.55. The molecule has 0 amide bonds. The summed E-state index contributed by atoms with van der Waals surface area (Å²) in [6.45, 7) is 17.0. The highest BCUT2D eigenvalue weighted by atomic mass is 31.1. The third-order valence-corrected chi connectivity index (χ3v) is 9.65. The van der Waals surface area contributed by atoms with Crippen LogP contribution in [0.25, 0.3) is 11.1 Å². The van der Waals surface area contributed by atoms with Crippen LogP contribution in [0.4, 0.5) is 0 Å². The van der Waals surface area contributed by atoms with Crippen LogP contribution in [0, 0.1) is 20.8 Å². The Morgan fingerprint density at radius 2 is 1.47 bits per heavy atom. The smallest absolute Gasteiger partial charge is 0.173 e. The quantitative estimate of drug-likeness (QED) is 0.513. The zero-order valence-corrected chi connectivity index (χ0v) is 21.3. The summed E-state index contributed by atoms with van der Waals surface area (Å²) < 4.78 is 24.1. The van der Waals surface area contributed by atoms with Gasteiger partial charge in [-0.05, 0) is 68.0 Å². The lowest BCUT2D eigenvalue weighted by molar-refractivity contribution is -0.165. The van der Waals surface area contributed by atoms with Gasteiger partial charge >= 0.3 is 0 Å². The van der Waals surface area contributed by atoms with Crippen LogP contribution in [-0.4, -0.2) is 38.4 Å². The molecule has 2 aromatic rings. The fourth-order valence-corrected chi connectivity index (χ4v) is 9.11. The van der Waals surface area contributed by atoms with E-state index in [4.69, 9.17) is 18.9 Å². The molecule has 0 radical (unpaired) electrons. The maximum absolute atomic E-state index is 6.11. The summed E-state index contributed by atoms with van der Waals surface area (Å²) in [5, 5.41) is 2.30. The molecule has 2 fully saturated rings. The van der Waals surface area contributed by atoms with Crippen LogP contribution < -0.4 is 14.8 Å². The van der Waals surface area contributed by atoms with Gasteiger partial charge in [0.1, 0.15) is 11.5 Å². The van der Waals surface area contributed by atoms with Crippen LogP contribution in [0.3, 0.4) is 0 Å². The highest BCUT2D eigenvalue weighted by Gasteiger charge is 2.52. The molecule has 5 heteroatoms. The van der Waals surface area contributed by atoms with E-state index in [1.165, 1.54) is 32.9 Å². The molecule has 2 aliphatic rings. The van der Waals surface area contributed by atoms with Crippen LogP contribution in [0.5, 0.6) is 11.5 Å². The predicted octanol–water partition coefficient (Wildman–Crippen LogP) is 6.23. The monoisotopic (exact) mass is 454 g/mol. The number of hydrogen-bond donors (Lipinski definition) is 0. The second-order valence-corrected chi connectivity index (χ2v) is 12.6. The summed E-state index contributed by atoms with van der Waals surface area (Å²) in [5.74, 6) is 1.22.